The van der Waals surface area contributed by atoms with Crippen LogP contribution in [0, 0.1) is 14.9 Å². The summed E-state index contributed by atoms with van der Waals surface area (Å²) in [5.74, 6) is 0. The van der Waals surface area contributed by atoms with Gasteiger partial charge in [-0.05, 0) is 0 Å². The fourth-order valence-electron chi connectivity index (χ4n) is 0. The van der Waals surface area contributed by atoms with E-state index in [1.54, 1.807) is 0 Å². The second-order valence-corrected chi connectivity index (χ2v) is 2.12. The molecule has 0 saturated heterocycles. The summed E-state index contributed by atoms with van der Waals surface area (Å²) in [6, 6.07) is 0. The van der Waals surface area contributed by atoms with Gasteiger partial charge < -0.3 is 58.7 Å². The van der Waals surface area contributed by atoms with Gasteiger partial charge in [0.1, 0.15) is 0 Å². The van der Waals surface area contributed by atoms with E-state index in [0.717, 1.165) is 0 Å². The maximum atomic E-state index is 8.54. The first kappa shape index (κ1) is 200. The minimum Gasteiger partial charge on any atom is -0.358 e. The first-order valence-electron chi connectivity index (χ1n) is 1.00. The molecule has 0 aromatic carbocycles. The summed E-state index contributed by atoms with van der Waals surface area (Å²) in [5, 5.41) is 0. The Morgan fingerprint density at radius 1 is 0.435 bits per heavy atom. The first-order chi connectivity index (χ1) is 3.46. The Bertz CT molecular complexity index is 94.0. The molecule has 0 aliphatic heterocycles. The zero-order valence-corrected chi connectivity index (χ0v) is 20.9. The van der Waals surface area contributed by atoms with E-state index in [2.05, 4.69) is 0 Å². The molecule has 0 saturated carbocycles. The van der Waals surface area contributed by atoms with Crippen LogP contribution >= 0.6 is 0 Å². The van der Waals surface area contributed by atoms with Gasteiger partial charge in [-0.1, -0.05) is 7.43 Å². The topological polar surface area (TPSA) is 378 Å². The summed E-state index contributed by atoms with van der Waals surface area (Å²) >= 11 is -7.58. The van der Waals surface area contributed by atoms with Gasteiger partial charge in [-0.3, -0.25) is 0 Å². The van der Waals surface area contributed by atoms with E-state index in [4.69, 9.17) is 24.4 Å². The van der Waals surface area contributed by atoms with E-state index in [0.29, 0.717) is 0 Å². The Morgan fingerprint density at radius 2 is 0.435 bits per heavy atom. The fraction of sp³-hybridized carbons (Fsp3) is 0.333. The third-order valence-corrected chi connectivity index (χ3v) is 0. The van der Waals surface area contributed by atoms with Crippen LogP contribution in [0.4, 0.5) is 0 Å². The first-order valence-corrected chi connectivity index (χ1v) is 5.20. The zero-order valence-electron chi connectivity index (χ0n) is 11.3. The van der Waals surface area contributed by atoms with E-state index in [1.165, 1.54) is 0 Å². The fourth-order valence-corrected chi connectivity index (χ4v) is 0. The van der Waals surface area contributed by atoms with Gasteiger partial charge in [-0.2, -0.15) is 0 Å². The van der Waals surface area contributed by atoms with Crippen molar-refractivity contribution in [3.05, 3.63) is 14.9 Å². The Balaban J connectivity index is -0.00000000126. The maximum Gasteiger partial charge on any atom is 0 e. The van der Waals surface area contributed by atoms with Gasteiger partial charge in [0.2, 0.25) is 0 Å². The number of rotatable bonds is 0. The Hall–Kier alpha value is 3.02. The van der Waals surface area contributed by atoms with Crippen LogP contribution in [0.2, 0.25) is 0 Å². The molecule has 0 bridgehead atoms. The predicted octanol–water partition coefficient (Wildman–Crippen LogP) is -10.8. The quantitative estimate of drug-likeness (QED) is 0.183. The van der Waals surface area contributed by atoms with Gasteiger partial charge in [0.25, 0.3) is 0 Å². The van der Waals surface area contributed by atoms with Crippen LogP contribution in [0.3, 0.4) is 0 Å². The summed E-state index contributed by atoms with van der Waals surface area (Å²) in [6.45, 7) is 0. The van der Waals surface area contributed by atoms with Crippen molar-refractivity contribution in [3.63, 3.8) is 0 Å². The average Bonchev–Trinajstić information content (AvgIpc) is 1.25. The van der Waals surface area contributed by atoms with Crippen molar-refractivity contribution >= 4 is 29.0 Å². The summed E-state index contributed by atoms with van der Waals surface area (Å²) < 4.78 is 51.2. The second kappa shape index (κ2) is 177. The zero-order chi connectivity index (χ0) is 7.15. The summed E-state index contributed by atoms with van der Waals surface area (Å²) in [7, 11) is 0. The van der Waals surface area contributed by atoms with Gasteiger partial charge in [0.15, 0.2) is 0 Å². The summed E-state index contributed by atoms with van der Waals surface area (Å²) in [6.07, 6.45) is 0. The van der Waals surface area contributed by atoms with Crippen LogP contribution < -0.4 is 16.8 Å². The molecule has 156 valence electrons. The van der Waals surface area contributed by atoms with E-state index in [-0.39, 0.29) is 153 Å². The molecule has 0 aliphatic rings. The predicted molar refractivity (Wildman–Crippen MR) is 61.4 cm³/mol. The van der Waals surface area contributed by atoms with Crippen molar-refractivity contribution in [3.8, 4) is 0 Å². The molecule has 0 aliphatic carbocycles. The summed E-state index contributed by atoms with van der Waals surface area (Å²) in [4.78, 5) is 0. The van der Waals surface area contributed by atoms with Crippen LogP contribution in [0.15, 0.2) is 0 Å². The minimum atomic E-state index is -3.79. The van der Waals surface area contributed by atoms with E-state index < -0.39 is 29.0 Å². The number of hydrogen-bond donors (Lipinski definition) is 0. The Morgan fingerprint density at radius 3 is 0.435 bits per heavy atom. The van der Waals surface area contributed by atoms with Gasteiger partial charge >= 0.3 is 53.4 Å². The van der Waals surface area contributed by atoms with Gasteiger partial charge in [-0.25, -0.2) is 0 Å². The second-order valence-electron chi connectivity index (χ2n) is 0.408. The van der Waals surface area contributed by atoms with Crippen molar-refractivity contribution < 1.29 is 155 Å². The molecule has 0 aromatic heterocycles. The van der Waals surface area contributed by atoms with Gasteiger partial charge in [-0.15, -0.1) is 0 Å². The molecular weight excluding hydrogens is 609 g/mol. The molecule has 0 radical (unpaired) electrons. The van der Waals surface area contributed by atoms with Crippen molar-refractivity contribution in [2.75, 3.05) is 0 Å². The van der Waals surface area contributed by atoms with Crippen LogP contribution in [0.25, 0.3) is 0 Å². The molecule has 0 atom stereocenters. The molecule has 0 unspecified atom stereocenters. The molecule has 0 heterocycles. The third-order valence-electron chi connectivity index (χ3n) is 0. The molecule has 23 heavy (non-hydrogen) atoms. The Kier molecular flexibility index (Phi) is 1550. The molecule has 14 nitrogen and oxygen atoms in total. The van der Waals surface area contributed by atoms with Crippen LogP contribution in [-0.2, 0) is 94.5 Å². The third kappa shape index (κ3) is 1460. The monoisotopic (exact) mass is 638 g/mol. The maximum absolute atomic E-state index is 8.54. The summed E-state index contributed by atoms with van der Waals surface area (Å²) in [5.41, 5.74) is 0. The average molecular weight is 636 g/mol. The SMILES string of the molecule is C.O.O.O.O.O.O.O.O.O=[Se]([O-])[O-].O=[Se]([O-])[O-].[CH3-].[CH3-].[Ti].[Ti].[Ti].[Ti]. The molecule has 20 heteroatoms. The van der Waals surface area contributed by atoms with Crippen molar-refractivity contribution in [2.24, 2.45) is 0 Å². The molecule has 0 spiro atoms. The molecular formula is C3H26O14Se2Ti4-6. The van der Waals surface area contributed by atoms with Gasteiger partial charge in [0.05, 0.1) is 0 Å². The minimum absolute atomic E-state index is 0. The van der Waals surface area contributed by atoms with Crippen LogP contribution in [0.5, 0.6) is 0 Å². The van der Waals surface area contributed by atoms with Crippen molar-refractivity contribution in [1.29, 1.82) is 0 Å². The molecule has 0 fully saturated rings. The molecule has 0 aromatic rings. The largest absolute Gasteiger partial charge is 0.358 e. The van der Waals surface area contributed by atoms with E-state index >= 15 is 0 Å². The smallest absolute Gasteiger partial charge is 0 e. The normalized spacial score (nSPS) is 3.04. The molecule has 0 amide bonds. The standard InChI is InChI=1S/CH4.2CH3.2H2O3Se.8H2O.4Ti/c;;;2*1-4(2)3;;;;;;;;;;;;/h1H4;2*1H3;2*(H2,1,2,3);8*1H2;;;;/q;2*-1;;;;;;;;;;;;;;/p-4. The Labute approximate surface area is 204 Å². The van der Waals surface area contributed by atoms with E-state index in [9.17, 15) is 0 Å². The van der Waals surface area contributed by atoms with Crippen LogP contribution in [-0.4, -0.2) is 72.8 Å². The van der Waals surface area contributed by atoms with E-state index in [1.807, 2.05) is 0 Å². The van der Waals surface area contributed by atoms with Gasteiger partial charge in [0, 0.05) is 86.9 Å². The molecule has 0 rings (SSSR count). The number of hydrogen-bond acceptors (Lipinski definition) is 6. The molecule has 16 N–H and O–H groups in total. The van der Waals surface area contributed by atoms with Crippen molar-refractivity contribution in [1.82, 2.24) is 0 Å². The van der Waals surface area contributed by atoms with Crippen molar-refractivity contribution in [2.45, 2.75) is 7.43 Å². The van der Waals surface area contributed by atoms with Crippen LogP contribution in [0.1, 0.15) is 7.43 Å².